The molecule has 2 saturated heterocycles. The van der Waals surface area contributed by atoms with Crippen molar-refractivity contribution in [2.45, 2.75) is 121 Å². The number of halogens is 1. The quantitative estimate of drug-likeness (QED) is 0.326. The van der Waals surface area contributed by atoms with Crippen molar-refractivity contribution < 1.29 is 19.4 Å². The van der Waals surface area contributed by atoms with Gasteiger partial charge in [-0.2, -0.15) is 0 Å². The third-order valence-corrected chi connectivity index (χ3v) is 9.00. The van der Waals surface area contributed by atoms with Crippen LogP contribution in [0.25, 0.3) is 0 Å². The molecule has 236 valence electrons. The zero-order valence-electron chi connectivity index (χ0n) is 25.6. The number of hydrogen-bond acceptors (Lipinski definition) is 6. The number of β-amino-alcohol motifs (C(OH)–C–C–N with tert-alkyl or cyclic N) is 1. The summed E-state index contributed by atoms with van der Waals surface area (Å²) in [6, 6.07) is 9.68. The zero-order chi connectivity index (χ0) is 29.4. The van der Waals surface area contributed by atoms with Gasteiger partial charge in [-0.25, -0.2) is 4.79 Å². The van der Waals surface area contributed by atoms with Crippen LogP contribution in [0.15, 0.2) is 30.3 Å². The summed E-state index contributed by atoms with van der Waals surface area (Å²) in [6.07, 6.45) is 8.95. The number of nitrogens with zero attached hydrogens (tertiary/aromatic N) is 2. The van der Waals surface area contributed by atoms with Crippen LogP contribution in [0.2, 0.25) is 0 Å². The molecule has 2 amide bonds. The number of aliphatic hydroxyl groups excluding tert-OH is 1. The van der Waals surface area contributed by atoms with Crippen LogP contribution in [0.1, 0.15) is 90.5 Å². The van der Waals surface area contributed by atoms with E-state index >= 15 is 0 Å². The normalized spacial score (nSPS) is 23.1. The number of carbonyl (C=O) groups excluding carboxylic acids is 2. The second-order valence-electron chi connectivity index (χ2n) is 13.2. The number of nitrogens with one attached hydrogen (secondary N) is 2. The fourth-order valence-corrected chi connectivity index (χ4v) is 6.74. The zero-order valence-corrected chi connectivity index (χ0v) is 27.2. The molecule has 10 heteroatoms. The highest BCUT2D eigenvalue weighted by atomic mass is 35.5. The number of ether oxygens (including phenoxy) is 1. The number of carbonyl (C=O) groups is 2. The number of rotatable bonds is 9. The third kappa shape index (κ3) is 10.6. The van der Waals surface area contributed by atoms with Crippen molar-refractivity contribution in [1.29, 1.82) is 0 Å². The Hall–Kier alpha value is -1.94. The van der Waals surface area contributed by atoms with E-state index in [1.807, 2.05) is 26.8 Å². The molecule has 3 N–H and O–H groups in total. The summed E-state index contributed by atoms with van der Waals surface area (Å²) in [4.78, 5) is 30.9. The first-order chi connectivity index (χ1) is 19.6. The molecule has 3 aliphatic rings. The van der Waals surface area contributed by atoms with E-state index in [2.05, 4.69) is 39.8 Å². The van der Waals surface area contributed by atoms with Crippen LogP contribution >= 0.6 is 24.6 Å². The Kier molecular flexibility index (Phi) is 13.3. The number of aliphatic hydroxyl groups is 1. The molecule has 0 spiro atoms. The number of benzene rings is 1. The Morgan fingerprint density at radius 1 is 1.07 bits per heavy atom. The van der Waals surface area contributed by atoms with Gasteiger partial charge in [0.05, 0.1) is 23.7 Å². The maximum Gasteiger partial charge on any atom is 0.410 e. The summed E-state index contributed by atoms with van der Waals surface area (Å²) >= 11 is 5.79. The standard InChI is InChI=1S/C32H50N4O4S.ClH/c1-32(2,3)40-31(39)36-22-26(37)20-28(36)30(41)34-27(15-14-23-10-6-4-7-11-23)29(38)33-25-16-18-35(19-17-25)21-24-12-8-5-9-13-24;/h5,8-9,12-13,23,25-28,37H,4,6-7,10-11,14-22H2,1-3H3,(H,33,38)(H,34,41);1H/t26-,27-,28+;/m1./s1. The third-order valence-electron chi connectivity index (χ3n) is 8.61. The van der Waals surface area contributed by atoms with E-state index in [1.54, 1.807) is 0 Å². The van der Waals surface area contributed by atoms with Crippen LogP contribution in [0, 0.1) is 5.92 Å². The number of hydrogen-bond donors (Lipinski definition) is 3. The molecular formula is C32H51ClN4O4S. The predicted molar refractivity (Wildman–Crippen MR) is 173 cm³/mol. The van der Waals surface area contributed by atoms with Crippen LogP contribution in [-0.4, -0.2) is 81.4 Å². The van der Waals surface area contributed by atoms with Crippen molar-refractivity contribution in [1.82, 2.24) is 20.4 Å². The lowest BCUT2D eigenvalue weighted by Crippen LogP contribution is -2.55. The Bertz CT molecular complexity index is 1010. The molecule has 3 fully saturated rings. The van der Waals surface area contributed by atoms with E-state index in [0.29, 0.717) is 23.7 Å². The lowest BCUT2D eigenvalue weighted by Gasteiger charge is -2.34. The summed E-state index contributed by atoms with van der Waals surface area (Å²) in [5.74, 6) is 0.620. The van der Waals surface area contributed by atoms with E-state index in [9.17, 15) is 14.7 Å². The summed E-state index contributed by atoms with van der Waals surface area (Å²) in [6.45, 7) is 8.46. The molecule has 1 aromatic carbocycles. The highest BCUT2D eigenvalue weighted by Gasteiger charge is 2.40. The average Bonchev–Trinajstić information content (AvgIpc) is 3.34. The maximum atomic E-state index is 13.7. The first kappa shape index (κ1) is 34.5. The van der Waals surface area contributed by atoms with Gasteiger partial charge in [-0.1, -0.05) is 74.7 Å². The van der Waals surface area contributed by atoms with E-state index in [4.69, 9.17) is 17.0 Å². The van der Waals surface area contributed by atoms with Gasteiger partial charge in [0.25, 0.3) is 0 Å². The molecule has 0 bridgehead atoms. The minimum atomic E-state index is -0.678. The van der Waals surface area contributed by atoms with E-state index in [-0.39, 0.29) is 30.9 Å². The first-order valence-electron chi connectivity index (χ1n) is 15.6. The van der Waals surface area contributed by atoms with Crippen molar-refractivity contribution in [2.75, 3.05) is 19.6 Å². The molecule has 4 rings (SSSR count). The monoisotopic (exact) mass is 622 g/mol. The molecule has 0 unspecified atom stereocenters. The van der Waals surface area contributed by atoms with E-state index < -0.39 is 29.9 Å². The molecule has 0 aromatic heterocycles. The summed E-state index contributed by atoms with van der Waals surface area (Å²) in [5.41, 5.74) is 0.663. The summed E-state index contributed by atoms with van der Waals surface area (Å²) in [7, 11) is 0. The Labute approximate surface area is 263 Å². The smallest absolute Gasteiger partial charge is 0.410 e. The lowest BCUT2D eigenvalue weighted by molar-refractivity contribution is -0.124. The molecule has 1 aromatic rings. The Morgan fingerprint density at radius 2 is 1.74 bits per heavy atom. The van der Waals surface area contributed by atoms with E-state index in [1.165, 1.54) is 42.6 Å². The first-order valence-corrected chi connectivity index (χ1v) is 16.0. The van der Waals surface area contributed by atoms with Gasteiger partial charge in [0, 0.05) is 32.1 Å². The minimum absolute atomic E-state index is 0. The molecule has 0 radical (unpaired) electrons. The van der Waals surface area contributed by atoms with Crippen molar-refractivity contribution in [3.63, 3.8) is 0 Å². The van der Waals surface area contributed by atoms with Crippen LogP contribution in [0.4, 0.5) is 4.79 Å². The average molecular weight is 623 g/mol. The van der Waals surface area contributed by atoms with Gasteiger partial charge >= 0.3 is 6.09 Å². The topological polar surface area (TPSA) is 94.1 Å². The van der Waals surface area contributed by atoms with Gasteiger partial charge in [-0.3, -0.25) is 14.6 Å². The van der Waals surface area contributed by atoms with Crippen LogP contribution < -0.4 is 10.6 Å². The van der Waals surface area contributed by atoms with Crippen LogP contribution in [0.5, 0.6) is 0 Å². The van der Waals surface area contributed by atoms with Crippen molar-refractivity contribution in [3.8, 4) is 0 Å². The van der Waals surface area contributed by atoms with Gasteiger partial charge in [-0.15, -0.1) is 12.4 Å². The van der Waals surface area contributed by atoms with Gasteiger partial charge in [0.2, 0.25) is 5.91 Å². The number of amides is 2. The summed E-state index contributed by atoms with van der Waals surface area (Å²) < 4.78 is 5.58. The molecule has 1 saturated carbocycles. The highest BCUT2D eigenvalue weighted by Crippen LogP contribution is 2.28. The Balaban J connectivity index is 0.00000484. The van der Waals surface area contributed by atoms with Crippen molar-refractivity contribution in [3.05, 3.63) is 35.9 Å². The van der Waals surface area contributed by atoms with Gasteiger partial charge in [0.15, 0.2) is 0 Å². The predicted octanol–water partition coefficient (Wildman–Crippen LogP) is 5.21. The number of thiocarbonyl (C=S) groups is 1. The second-order valence-corrected chi connectivity index (χ2v) is 13.7. The number of likely N-dealkylation sites (tertiary alicyclic amines) is 2. The molecule has 2 heterocycles. The second kappa shape index (κ2) is 16.2. The highest BCUT2D eigenvalue weighted by molar-refractivity contribution is 7.80. The SMILES string of the molecule is CC(C)(C)OC(=O)N1C[C@H](O)C[C@H]1C(=S)N[C@H](CCC1CCCCC1)C(=O)NC1CCN(Cc2ccccc2)CC1.Cl. The number of piperidine rings is 1. The largest absolute Gasteiger partial charge is 0.444 e. The lowest BCUT2D eigenvalue weighted by atomic mass is 9.85. The van der Waals surface area contributed by atoms with Crippen LogP contribution in [-0.2, 0) is 16.1 Å². The molecular weight excluding hydrogens is 572 g/mol. The molecule has 3 atom stereocenters. The van der Waals surface area contributed by atoms with Crippen LogP contribution in [0.3, 0.4) is 0 Å². The molecule has 2 aliphatic heterocycles. The molecule has 8 nitrogen and oxygen atoms in total. The molecule has 1 aliphatic carbocycles. The van der Waals surface area contributed by atoms with E-state index in [0.717, 1.165) is 38.9 Å². The fourth-order valence-electron chi connectivity index (χ4n) is 6.38. The molecule has 42 heavy (non-hydrogen) atoms. The minimum Gasteiger partial charge on any atom is -0.444 e. The maximum absolute atomic E-state index is 13.7. The van der Waals surface area contributed by atoms with Gasteiger partial charge < -0.3 is 20.5 Å². The Morgan fingerprint density at radius 3 is 2.38 bits per heavy atom. The summed E-state index contributed by atoms with van der Waals surface area (Å²) in [5, 5.41) is 17.1. The van der Waals surface area contributed by atoms with Crippen molar-refractivity contribution >= 4 is 41.6 Å². The van der Waals surface area contributed by atoms with Gasteiger partial charge in [-0.05, 0) is 57.9 Å². The van der Waals surface area contributed by atoms with Gasteiger partial charge in [0.1, 0.15) is 11.6 Å². The van der Waals surface area contributed by atoms with Crippen molar-refractivity contribution in [2.24, 2.45) is 5.92 Å². The fraction of sp³-hybridized carbons (Fsp3) is 0.719.